The smallest absolute Gasteiger partial charge is 0.325 e. The number of aromatic nitrogens is 2. The molecule has 26 heavy (non-hydrogen) atoms. The van der Waals surface area contributed by atoms with Gasteiger partial charge >= 0.3 is 5.97 Å². The second kappa shape index (κ2) is 8.11. The van der Waals surface area contributed by atoms with E-state index in [-0.39, 0.29) is 12.5 Å². The van der Waals surface area contributed by atoms with Crippen LogP contribution in [-0.2, 0) is 24.4 Å². The average molecular weight is 349 g/mol. The summed E-state index contributed by atoms with van der Waals surface area (Å²) in [5.41, 5.74) is 2.42. The van der Waals surface area contributed by atoms with Gasteiger partial charge in [0.25, 0.3) is 5.91 Å². The van der Waals surface area contributed by atoms with Crippen LogP contribution < -0.4 is 0 Å². The zero-order valence-electron chi connectivity index (χ0n) is 14.2. The van der Waals surface area contributed by atoms with E-state index in [2.05, 4.69) is 5.10 Å². The van der Waals surface area contributed by atoms with E-state index in [1.165, 1.54) is 17.1 Å². The lowest BCUT2D eigenvalue weighted by Crippen LogP contribution is -2.30. The molecule has 0 radical (unpaired) electrons. The number of hydrogen-bond acceptors (Lipinski definition) is 3. The molecule has 0 fully saturated rings. The zero-order valence-corrected chi connectivity index (χ0v) is 14.2. The van der Waals surface area contributed by atoms with Crippen molar-refractivity contribution < 1.29 is 14.7 Å². The Morgan fingerprint density at radius 1 is 0.923 bits per heavy atom. The second-order valence-corrected chi connectivity index (χ2v) is 5.95. The van der Waals surface area contributed by atoms with E-state index in [1.807, 2.05) is 60.7 Å². The maximum absolute atomic E-state index is 13.0. The van der Waals surface area contributed by atoms with E-state index < -0.39 is 5.97 Å². The van der Waals surface area contributed by atoms with Crippen molar-refractivity contribution in [1.82, 2.24) is 14.7 Å². The number of hydrogen-bond donors (Lipinski definition) is 1. The molecule has 1 N–H and O–H groups in total. The summed E-state index contributed by atoms with van der Waals surface area (Å²) in [4.78, 5) is 25.5. The lowest BCUT2D eigenvalue weighted by molar-refractivity contribution is -0.137. The highest BCUT2D eigenvalue weighted by Gasteiger charge is 2.19. The fraction of sp³-hybridized carbons (Fsp3) is 0.150. The van der Waals surface area contributed by atoms with Crippen LogP contribution >= 0.6 is 0 Å². The van der Waals surface area contributed by atoms with Gasteiger partial charge in [-0.15, -0.1) is 0 Å². The summed E-state index contributed by atoms with van der Waals surface area (Å²) in [5.74, 6) is -1.19. The first kappa shape index (κ1) is 17.4. The highest BCUT2D eigenvalue weighted by molar-refractivity contribution is 5.93. The van der Waals surface area contributed by atoms with Gasteiger partial charge in [0, 0.05) is 19.3 Å². The van der Waals surface area contributed by atoms with E-state index in [1.54, 1.807) is 4.90 Å². The molecule has 1 aromatic heterocycles. The molecule has 0 atom stereocenters. The molecule has 3 rings (SSSR count). The van der Waals surface area contributed by atoms with E-state index in [0.717, 1.165) is 11.1 Å². The summed E-state index contributed by atoms with van der Waals surface area (Å²) in [6.07, 6.45) is 2.88. The van der Waals surface area contributed by atoms with E-state index in [9.17, 15) is 9.59 Å². The zero-order chi connectivity index (χ0) is 18.4. The van der Waals surface area contributed by atoms with Gasteiger partial charge in [-0.25, -0.2) is 0 Å². The van der Waals surface area contributed by atoms with E-state index >= 15 is 0 Å². The summed E-state index contributed by atoms with van der Waals surface area (Å²) < 4.78 is 1.25. The van der Waals surface area contributed by atoms with Crippen LogP contribution in [0.3, 0.4) is 0 Å². The Bertz CT molecular complexity index is 834. The maximum Gasteiger partial charge on any atom is 0.325 e. The Labute approximate surface area is 151 Å². The topological polar surface area (TPSA) is 75.4 Å². The summed E-state index contributed by atoms with van der Waals surface area (Å²) in [6.45, 7) is 0.641. The number of carbonyl (C=O) groups is 2. The molecule has 0 saturated carbocycles. The number of amides is 1. The van der Waals surface area contributed by atoms with Crippen molar-refractivity contribution in [1.29, 1.82) is 0 Å². The monoisotopic (exact) mass is 349 g/mol. The van der Waals surface area contributed by atoms with Gasteiger partial charge in [-0.2, -0.15) is 5.10 Å². The average Bonchev–Trinajstić information content (AvgIpc) is 3.10. The van der Waals surface area contributed by atoms with Crippen molar-refractivity contribution in [2.75, 3.05) is 0 Å². The number of aliphatic carboxylic acids is 1. The summed E-state index contributed by atoms with van der Waals surface area (Å²) in [5, 5.41) is 12.8. The summed E-state index contributed by atoms with van der Waals surface area (Å²) >= 11 is 0. The van der Waals surface area contributed by atoms with Gasteiger partial charge in [-0.3, -0.25) is 14.3 Å². The number of nitrogens with zero attached hydrogens (tertiary/aromatic N) is 3. The largest absolute Gasteiger partial charge is 0.480 e. The SMILES string of the molecule is O=C(O)Cn1cc(C(=O)N(Cc2ccccc2)Cc2ccccc2)cn1. The van der Waals surface area contributed by atoms with Crippen LogP contribution in [0.25, 0.3) is 0 Å². The molecule has 0 saturated heterocycles. The molecule has 6 nitrogen and oxygen atoms in total. The minimum Gasteiger partial charge on any atom is -0.480 e. The van der Waals surface area contributed by atoms with Crippen molar-refractivity contribution in [3.05, 3.63) is 89.7 Å². The van der Waals surface area contributed by atoms with Crippen LogP contribution in [0, 0.1) is 0 Å². The lowest BCUT2D eigenvalue weighted by atomic mass is 10.1. The molecule has 0 bridgehead atoms. The number of carbonyl (C=O) groups excluding carboxylic acids is 1. The number of carboxylic acid groups (broad SMARTS) is 1. The molecule has 0 aliphatic rings. The highest BCUT2D eigenvalue weighted by atomic mass is 16.4. The van der Waals surface area contributed by atoms with Crippen LogP contribution in [0.15, 0.2) is 73.1 Å². The van der Waals surface area contributed by atoms with Crippen molar-refractivity contribution in [3.8, 4) is 0 Å². The fourth-order valence-electron chi connectivity index (χ4n) is 2.69. The van der Waals surface area contributed by atoms with Crippen LogP contribution in [0.4, 0.5) is 0 Å². The van der Waals surface area contributed by atoms with Crippen molar-refractivity contribution in [2.24, 2.45) is 0 Å². The third kappa shape index (κ3) is 4.57. The van der Waals surface area contributed by atoms with E-state index in [0.29, 0.717) is 18.7 Å². The molecule has 6 heteroatoms. The third-order valence-electron chi connectivity index (χ3n) is 3.90. The molecule has 1 heterocycles. The molecular formula is C20H19N3O3. The van der Waals surface area contributed by atoms with Gasteiger partial charge in [-0.05, 0) is 11.1 Å². The molecule has 132 valence electrons. The number of benzene rings is 2. The first-order valence-corrected chi connectivity index (χ1v) is 8.23. The molecule has 2 aromatic carbocycles. The van der Waals surface area contributed by atoms with Crippen LogP contribution in [-0.4, -0.2) is 31.7 Å². The van der Waals surface area contributed by atoms with E-state index in [4.69, 9.17) is 5.11 Å². The minimum absolute atomic E-state index is 0.186. The number of rotatable bonds is 7. The molecular weight excluding hydrogens is 330 g/mol. The Kier molecular flexibility index (Phi) is 5.43. The minimum atomic E-state index is -1.00. The van der Waals surface area contributed by atoms with Crippen LogP contribution in [0.1, 0.15) is 21.5 Å². The Hall–Kier alpha value is -3.41. The molecule has 0 aliphatic carbocycles. The predicted molar refractivity (Wildman–Crippen MR) is 96.3 cm³/mol. The van der Waals surface area contributed by atoms with Crippen molar-refractivity contribution >= 4 is 11.9 Å². The van der Waals surface area contributed by atoms with Gasteiger partial charge in [0.2, 0.25) is 0 Å². The first-order chi connectivity index (χ1) is 12.6. The maximum atomic E-state index is 13.0. The molecule has 0 spiro atoms. The molecule has 0 unspecified atom stereocenters. The highest BCUT2D eigenvalue weighted by Crippen LogP contribution is 2.14. The van der Waals surface area contributed by atoms with Crippen LogP contribution in [0.2, 0.25) is 0 Å². The van der Waals surface area contributed by atoms with Crippen molar-refractivity contribution in [3.63, 3.8) is 0 Å². The quantitative estimate of drug-likeness (QED) is 0.712. The van der Waals surface area contributed by atoms with Crippen molar-refractivity contribution in [2.45, 2.75) is 19.6 Å². The molecule has 3 aromatic rings. The number of carboxylic acids is 1. The Morgan fingerprint density at radius 3 is 1.96 bits per heavy atom. The van der Waals surface area contributed by atoms with Gasteiger partial charge in [0.15, 0.2) is 0 Å². The Balaban J connectivity index is 1.82. The third-order valence-corrected chi connectivity index (χ3v) is 3.90. The van der Waals surface area contributed by atoms with Crippen LogP contribution in [0.5, 0.6) is 0 Å². The van der Waals surface area contributed by atoms with Gasteiger partial charge in [0.05, 0.1) is 11.8 Å². The summed E-state index contributed by atoms with van der Waals surface area (Å²) in [7, 11) is 0. The van der Waals surface area contributed by atoms with Gasteiger partial charge < -0.3 is 10.0 Å². The molecule has 1 amide bonds. The lowest BCUT2D eigenvalue weighted by Gasteiger charge is -2.22. The van der Waals surface area contributed by atoms with Gasteiger partial charge in [-0.1, -0.05) is 60.7 Å². The van der Waals surface area contributed by atoms with Gasteiger partial charge in [0.1, 0.15) is 6.54 Å². The predicted octanol–water partition coefficient (Wildman–Crippen LogP) is 2.81. The standard InChI is InChI=1S/C20H19N3O3/c24-19(25)15-23-14-18(11-21-23)20(26)22(12-16-7-3-1-4-8-16)13-17-9-5-2-6-10-17/h1-11,14H,12-13,15H2,(H,24,25). The fourth-order valence-corrected chi connectivity index (χ4v) is 2.69. The first-order valence-electron chi connectivity index (χ1n) is 8.23. The summed E-state index contributed by atoms with van der Waals surface area (Å²) in [6, 6.07) is 19.5. The second-order valence-electron chi connectivity index (χ2n) is 5.95. The molecule has 0 aliphatic heterocycles. The normalized spacial score (nSPS) is 10.5. The Morgan fingerprint density at radius 2 is 1.46 bits per heavy atom.